The summed E-state index contributed by atoms with van der Waals surface area (Å²) in [5.74, 6) is 2.22. The molecular weight excluding hydrogens is 418 g/mol. The normalized spacial score (nSPS) is 14.1. The number of pyridine rings is 1. The number of benzene rings is 1. The third kappa shape index (κ3) is 6.30. The van der Waals surface area contributed by atoms with Crippen LogP contribution in [0.3, 0.4) is 0 Å². The van der Waals surface area contributed by atoms with Crippen LogP contribution in [0.5, 0.6) is 17.5 Å². The minimum atomic E-state index is 0.362. The highest BCUT2D eigenvalue weighted by Crippen LogP contribution is 2.30. The van der Waals surface area contributed by atoms with Crippen LogP contribution in [0.25, 0.3) is 11.0 Å². The summed E-state index contributed by atoms with van der Waals surface area (Å²) >= 11 is 0. The highest BCUT2D eigenvalue weighted by Gasteiger charge is 2.19. The lowest BCUT2D eigenvalue weighted by atomic mass is 10.2. The molecule has 0 atom stereocenters. The number of anilines is 1. The first-order chi connectivity index (χ1) is 16.3. The molecule has 0 radical (unpaired) electrons. The summed E-state index contributed by atoms with van der Waals surface area (Å²) in [6, 6.07) is 12.0. The van der Waals surface area contributed by atoms with E-state index < -0.39 is 0 Å². The molecule has 0 amide bonds. The molecule has 1 aliphatic heterocycles. The van der Waals surface area contributed by atoms with Gasteiger partial charge in [-0.1, -0.05) is 32.0 Å². The Morgan fingerprint density at radius 1 is 0.970 bits per heavy atom. The highest BCUT2D eigenvalue weighted by atomic mass is 16.5. The van der Waals surface area contributed by atoms with Crippen molar-refractivity contribution in [3.05, 3.63) is 42.6 Å². The van der Waals surface area contributed by atoms with E-state index in [9.17, 15) is 0 Å². The van der Waals surface area contributed by atoms with E-state index in [1.54, 1.807) is 6.20 Å². The predicted octanol–water partition coefficient (Wildman–Crippen LogP) is 4.15. The van der Waals surface area contributed by atoms with E-state index in [1.165, 1.54) is 0 Å². The molecule has 0 spiro atoms. The van der Waals surface area contributed by atoms with Gasteiger partial charge >= 0.3 is 6.01 Å². The lowest BCUT2D eigenvalue weighted by molar-refractivity contribution is 0.122. The van der Waals surface area contributed by atoms with E-state index in [2.05, 4.69) is 33.6 Å². The Morgan fingerprint density at radius 3 is 2.45 bits per heavy atom. The van der Waals surface area contributed by atoms with Gasteiger partial charge in [0, 0.05) is 19.6 Å². The van der Waals surface area contributed by atoms with Gasteiger partial charge < -0.3 is 19.1 Å². The highest BCUT2D eigenvalue weighted by molar-refractivity contribution is 5.88. The van der Waals surface area contributed by atoms with Crippen molar-refractivity contribution in [3.8, 4) is 17.5 Å². The number of rotatable bonds is 11. The zero-order chi connectivity index (χ0) is 22.9. The first-order valence-electron chi connectivity index (χ1n) is 11.9. The molecule has 1 saturated heterocycles. The van der Waals surface area contributed by atoms with Crippen LogP contribution in [-0.4, -0.2) is 72.4 Å². The Hall–Kier alpha value is -2.97. The SMILES string of the molecule is CCCN(CCC)CCOc1nc(N2CCOCC2)c2cc(Oc3ccccc3)cnc2n1. The van der Waals surface area contributed by atoms with Crippen molar-refractivity contribution < 1.29 is 14.2 Å². The van der Waals surface area contributed by atoms with Crippen LogP contribution in [0.15, 0.2) is 42.6 Å². The number of fused-ring (bicyclic) bond motifs is 1. The van der Waals surface area contributed by atoms with E-state index in [1.807, 2.05) is 36.4 Å². The van der Waals surface area contributed by atoms with Crippen molar-refractivity contribution in [2.45, 2.75) is 26.7 Å². The van der Waals surface area contributed by atoms with Gasteiger partial charge in [0.05, 0.1) is 24.8 Å². The fraction of sp³-hybridized carbons (Fsp3) is 0.480. The molecule has 0 N–H and O–H groups in total. The maximum Gasteiger partial charge on any atom is 0.320 e. The van der Waals surface area contributed by atoms with Gasteiger partial charge in [-0.2, -0.15) is 9.97 Å². The van der Waals surface area contributed by atoms with Crippen LogP contribution in [0.4, 0.5) is 5.82 Å². The summed E-state index contributed by atoms with van der Waals surface area (Å²) in [5, 5.41) is 0.844. The smallest absolute Gasteiger partial charge is 0.320 e. The Morgan fingerprint density at radius 2 is 1.73 bits per heavy atom. The molecular formula is C25H33N5O3. The lowest BCUT2D eigenvalue weighted by Gasteiger charge is -2.28. The topological polar surface area (TPSA) is 72.8 Å². The maximum atomic E-state index is 6.00. The summed E-state index contributed by atoms with van der Waals surface area (Å²) in [4.78, 5) is 18.6. The van der Waals surface area contributed by atoms with Crippen molar-refractivity contribution in [3.63, 3.8) is 0 Å². The van der Waals surface area contributed by atoms with Gasteiger partial charge in [-0.3, -0.25) is 4.90 Å². The minimum Gasteiger partial charge on any atom is -0.462 e. The van der Waals surface area contributed by atoms with E-state index in [4.69, 9.17) is 19.2 Å². The number of hydrogen-bond donors (Lipinski definition) is 0. The second-order valence-corrected chi connectivity index (χ2v) is 8.08. The first-order valence-corrected chi connectivity index (χ1v) is 11.9. The molecule has 8 nitrogen and oxygen atoms in total. The molecule has 1 aliphatic rings. The lowest BCUT2D eigenvalue weighted by Crippen LogP contribution is -2.37. The molecule has 4 rings (SSSR count). The first kappa shape index (κ1) is 23.2. The van der Waals surface area contributed by atoms with Crippen molar-refractivity contribution in [1.82, 2.24) is 19.9 Å². The van der Waals surface area contributed by atoms with Gasteiger partial charge in [0.1, 0.15) is 23.9 Å². The van der Waals surface area contributed by atoms with E-state index in [-0.39, 0.29) is 0 Å². The third-order valence-corrected chi connectivity index (χ3v) is 5.49. The molecule has 1 aromatic carbocycles. The summed E-state index contributed by atoms with van der Waals surface area (Å²) in [5.41, 5.74) is 0.598. The van der Waals surface area contributed by atoms with Gasteiger partial charge in [0.2, 0.25) is 0 Å². The second kappa shape index (κ2) is 11.8. The largest absolute Gasteiger partial charge is 0.462 e. The van der Waals surface area contributed by atoms with Gasteiger partial charge in [-0.25, -0.2) is 4.98 Å². The molecule has 1 fully saturated rings. The third-order valence-electron chi connectivity index (χ3n) is 5.49. The van der Waals surface area contributed by atoms with Gasteiger partial charge in [0.25, 0.3) is 0 Å². The Kier molecular flexibility index (Phi) is 8.27. The monoisotopic (exact) mass is 451 g/mol. The summed E-state index contributed by atoms with van der Waals surface area (Å²) in [7, 11) is 0. The number of hydrogen-bond acceptors (Lipinski definition) is 8. The molecule has 3 aromatic rings. The molecule has 0 aliphatic carbocycles. The molecule has 0 saturated carbocycles. The molecule has 176 valence electrons. The number of aromatic nitrogens is 3. The molecule has 0 bridgehead atoms. The van der Waals surface area contributed by atoms with Crippen molar-refractivity contribution in [2.24, 2.45) is 0 Å². The zero-order valence-corrected chi connectivity index (χ0v) is 19.6. The summed E-state index contributed by atoms with van der Waals surface area (Å²) < 4.78 is 17.5. The van der Waals surface area contributed by atoms with Crippen LogP contribution in [0.2, 0.25) is 0 Å². The van der Waals surface area contributed by atoms with Crippen molar-refractivity contribution in [2.75, 3.05) is 57.4 Å². The van der Waals surface area contributed by atoms with Crippen molar-refractivity contribution >= 4 is 16.9 Å². The number of nitrogens with zero attached hydrogens (tertiary/aromatic N) is 5. The molecule has 3 heterocycles. The van der Waals surface area contributed by atoms with E-state index >= 15 is 0 Å². The Balaban J connectivity index is 1.57. The van der Waals surface area contributed by atoms with Crippen LogP contribution in [0, 0.1) is 0 Å². The second-order valence-electron chi connectivity index (χ2n) is 8.08. The fourth-order valence-corrected chi connectivity index (χ4v) is 3.95. The van der Waals surface area contributed by atoms with Crippen LogP contribution in [0.1, 0.15) is 26.7 Å². The standard InChI is InChI=1S/C25H33N5O3/c1-3-10-29(11-4-2)12-17-32-25-27-23-22(24(28-25)30-13-15-31-16-14-30)18-21(19-26-23)33-20-8-6-5-7-9-20/h5-9,18-19H,3-4,10-17H2,1-2H3. The van der Waals surface area contributed by atoms with Crippen LogP contribution < -0.4 is 14.4 Å². The average Bonchev–Trinajstić information content (AvgIpc) is 2.85. The number of ether oxygens (including phenoxy) is 3. The summed E-state index contributed by atoms with van der Waals surface area (Å²) in [6.07, 6.45) is 3.95. The van der Waals surface area contributed by atoms with E-state index in [0.29, 0.717) is 37.2 Å². The molecule has 0 unspecified atom stereocenters. The molecule has 2 aromatic heterocycles. The summed E-state index contributed by atoms with van der Waals surface area (Å²) in [6.45, 7) is 10.8. The Bertz CT molecular complexity index is 1010. The quantitative estimate of drug-likeness (QED) is 0.430. The zero-order valence-electron chi connectivity index (χ0n) is 19.6. The van der Waals surface area contributed by atoms with Gasteiger partial charge in [0.15, 0.2) is 5.65 Å². The Labute approximate surface area is 195 Å². The van der Waals surface area contributed by atoms with Crippen LogP contribution in [-0.2, 0) is 4.74 Å². The van der Waals surface area contributed by atoms with Crippen LogP contribution >= 0.6 is 0 Å². The van der Waals surface area contributed by atoms with Crippen molar-refractivity contribution in [1.29, 1.82) is 0 Å². The molecule has 8 heteroatoms. The van der Waals surface area contributed by atoms with Gasteiger partial charge in [-0.05, 0) is 44.1 Å². The predicted molar refractivity (Wildman–Crippen MR) is 129 cm³/mol. The van der Waals surface area contributed by atoms with Gasteiger partial charge in [-0.15, -0.1) is 0 Å². The number of morpholine rings is 1. The number of para-hydroxylation sites is 1. The fourth-order valence-electron chi connectivity index (χ4n) is 3.95. The molecule has 33 heavy (non-hydrogen) atoms. The maximum absolute atomic E-state index is 6.00. The average molecular weight is 452 g/mol. The minimum absolute atomic E-state index is 0.362. The van der Waals surface area contributed by atoms with E-state index in [0.717, 1.165) is 62.5 Å².